The molecule has 1 aliphatic heterocycles. The Morgan fingerprint density at radius 2 is 1.71 bits per heavy atom. The molecule has 84 valence electrons. The molecule has 0 saturated heterocycles. The Morgan fingerprint density at radius 3 is 2.18 bits per heavy atom. The summed E-state index contributed by atoms with van der Waals surface area (Å²) >= 11 is 0. The molecule has 0 fully saturated rings. The van der Waals surface area contributed by atoms with E-state index in [1.165, 1.54) is 12.1 Å². The van der Waals surface area contributed by atoms with Crippen LogP contribution in [0.2, 0.25) is 0 Å². The molecule has 2 heterocycles. The lowest BCUT2D eigenvalue weighted by Gasteiger charge is -1.80. The van der Waals surface area contributed by atoms with E-state index in [0.717, 1.165) is 5.70 Å². The second kappa shape index (κ2) is 11.2. The largest absolute Gasteiger partial charge is 0.368 e. The van der Waals surface area contributed by atoms with Crippen LogP contribution in [-0.4, -0.2) is 11.2 Å². The molecule has 0 aromatic carbocycles. The van der Waals surface area contributed by atoms with E-state index in [-0.39, 0.29) is 0 Å². The SMILES string of the molecule is C=C1C=CC=CC=N1.N#CC#N.c1cc[nH]c1. The number of rotatable bonds is 0. The molecule has 0 radical (unpaired) electrons. The van der Waals surface area contributed by atoms with Crippen LogP contribution in [0.25, 0.3) is 0 Å². The van der Waals surface area contributed by atoms with Crippen LogP contribution in [-0.2, 0) is 0 Å². The van der Waals surface area contributed by atoms with Gasteiger partial charge in [-0.25, -0.2) is 0 Å². The van der Waals surface area contributed by atoms with Gasteiger partial charge in [-0.15, -0.1) is 0 Å². The van der Waals surface area contributed by atoms with Gasteiger partial charge < -0.3 is 4.98 Å². The fourth-order valence-corrected chi connectivity index (χ4v) is 0.740. The molecule has 1 aromatic rings. The minimum Gasteiger partial charge on any atom is -0.368 e. The molecule has 0 amide bonds. The average molecular weight is 224 g/mol. The fraction of sp³-hybridized carbons (Fsp3) is 0. The van der Waals surface area contributed by atoms with Gasteiger partial charge in [-0.3, -0.25) is 4.99 Å². The predicted molar refractivity (Wildman–Crippen MR) is 67.9 cm³/mol. The summed E-state index contributed by atoms with van der Waals surface area (Å²) in [6.45, 7) is 3.65. The van der Waals surface area contributed by atoms with E-state index < -0.39 is 0 Å². The molecule has 0 atom stereocenters. The first-order chi connectivity index (χ1) is 8.31. The summed E-state index contributed by atoms with van der Waals surface area (Å²) in [6, 6.07) is 6.36. The molecule has 0 aliphatic carbocycles. The number of aromatic nitrogens is 1. The van der Waals surface area contributed by atoms with Gasteiger partial charge in [0, 0.05) is 18.6 Å². The first-order valence-electron chi connectivity index (χ1n) is 4.73. The number of H-pyrrole nitrogens is 1. The number of nitrogens with zero attached hydrogens (tertiary/aromatic N) is 3. The Hall–Kier alpha value is -2.85. The van der Waals surface area contributed by atoms with E-state index in [1.807, 2.05) is 48.8 Å². The molecule has 0 saturated carbocycles. The topological polar surface area (TPSA) is 75.7 Å². The maximum atomic E-state index is 7.26. The highest BCUT2D eigenvalue weighted by molar-refractivity contribution is 5.73. The number of aliphatic imine (C=N–C) groups is 1. The van der Waals surface area contributed by atoms with Gasteiger partial charge in [0.15, 0.2) is 12.1 Å². The second-order valence-electron chi connectivity index (χ2n) is 2.62. The smallest absolute Gasteiger partial charge is 0.181 e. The molecule has 0 spiro atoms. The van der Waals surface area contributed by atoms with Crippen LogP contribution in [0, 0.1) is 22.7 Å². The van der Waals surface area contributed by atoms with Crippen molar-refractivity contribution in [3.8, 4) is 12.1 Å². The van der Waals surface area contributed by atoms with Crippen molar-refractivity contribution in [2.45, 2.75) is 0 Å². The van der Waals surface area contributed by atoms with Gasteiger partial charge in [0.05, 0.1) is 5.70 Å². The van der Waals surface area contributed by atoms with E-state index in [1.54, 1.807) is 6.21 Å². The van der Waals surface area contributed by atoms with Crippen molar-refractivity contribution in [3.63, 3.8) is 0 Å². The summed E-state index contributed by atoms with van der Waals surface area (Å²) in [5.41, 5.74) is 0.801. The van der Waals surface area contributed by atoms with Crippen molar-refractivity contribution in [2.75, 3.05) is 0 Å². The van der Waals surface area contributed by atoms with Crippen LogP contribution < -0.4 is 0 Å². The first kappa shape index (κ1) is 14.2. The minimum atomic E-state index is 0.801. The second-order valence-corrected chi connectivity index (χ2v) is 2.62. The standard InChI is InChI=1S/C7H7N.C4H5N.C2N2/c1-7-5-3-2-4-6-8-7;1-2-4-5-3-1;3-1-2-4/h2-6H,1H2;1-5H;. The van der Waals surface area contributed by atoms with Crippen LogP contribution in [0.15, 0.2) is 66.1 Å². The molecular formula is C13H12N4. The molecule has 17 heavy (non-hydrogen) atoms. The quantitative estimate of drug-likeness (QED) is 0.735. The maximum absolute atomic E-state index is 7.26. The van der Waals surface area contributed by atoms with E-state index >= 15 is 0 Å². The van der Waals surface area contributed by atoms with Crippen molar-refractivity contribution in [1.82, 2.24) is 4.98 Å². The zero-order valence-electron chi connectivity index (χ0n) is 9.24. The molecule has 0 bridgehead atoms. The van der Waals surface area contributed by atoms with Gasteiger partial charge in [0.2, 0.25) is 0 Å². The summed E-state index contributed by atoms with van der Waals surface area (Å²) in [5, 5.41) is 14.5. The summed E-state index contributed by atoms with van der Waals surface area (Å²) in [6.07, 6.45) is 13.0. The Bertz CT molecular complexity index is 417. The maximum Gasteiger partial charge on any atom is 0.181 e. The number of aromatic amines is 1. The van der Waals surface area contributed by atoms with Crippen LogP contribution in [0.1, 0.15) is 0 Å². The van der Waals surface area contributed by atoms with Gasteiger partial charge >= 0.3 is 0 Å². The third-order valence-electron chi connectivity index (χ3n) is 1.38. The lowest BCUT2D eigenvalue weighted by Crippen LogP contribution is -1.63. The number of hydrogen-bond donors (Lipinski definition) is 1. The van der Waals surface area contributed by atoms with Crippen molar-refractivity contribution in [2.24, 2.45) is 4.99 Å². The molecule has 4 heteroatoms. The average Bonchev–Trinajstić information content (AvgIpc) is 2.85. The Balaban J connectivity index is 0.000000246. The summed E-state index contributed by atoms with van der Waals surface area (Å²) < 4.78 is 0. The van der Waals surface area contributed by atoms with Gasteiger partial charge in [-0.1, -0.05) is 18.7 Å². The van der Waals surface area contributed by atoms with E-state index in [2.05, 4.69) is 16.6 Å². The normalized spacial score (nSPS) is 10.8. The highest BCUT2D eigenvalue weighted by Crippen LogP contribution is 1.96. The van der Waals surface area contributed by atoms with Crippen molar-refractivity contribution in [3.05, 3.63) is 61.1 Å². The third kappa shape index (κ3) is 11.1. The Morgan fingerprint density at radius 1 is 1.06 bits per heavy atom. The molecule has 4 nitrogen and oxygen atoms in total. The molecular weight excluding hydrogens is 212 g/mol. The van der Waals surface area contributed by atoms with Crippen LogP contribution >= 0.6 is 0 Å². The highest BCUT2D eigenvalue weighted by Gasteiger charge is 1.79. The lowest BCUT2D eigenvalue weighted by atomic mass is 10.4. The monoisotopic (exact) mass is 224 g/mol. The van der Waals surface area contributed by atoms with Crippen LogP contribution in [0.4, 0.5) is 0 Å². The van der Waals surface area contributed by atoms with Crippen molar-refractivity contribution >= 4 is 6.21 Å². The van der Waals surface area contributed by atoms with Gasteiger partial charge in [-0.05, 0) is 24.3 Å². The number of nitrogens with one attached hydrogen (secondary N) is 1. The molecule has 0 unspecified atom stereocenters. The van der Waals surface area contributed by atoms with E-state index in [9.17, 15) is 0 Å². The molecule has 1 aromatic heterocycles. The summed E-state index contributed by atoms with van der Waals surface area (Å²) in [4.78, 5) is 6.79. The summed E-state index contributed by atoms with van der Waals surface area (Å²) in [7, 11) is 0. The van der Waals surface area contributed by atoms with Crippen molar-refractivity contribution in [1.29, 1.82) is 10.5 Å². The lowest BCUT2D eigenvalue weighted by molar-refractivity contribution is 1.42. The Labute approximate surface area is 101 Å². The van der Waals surface area contributed by atoms with Gasteiger partial charge in [0.25, 0.3) is 0 Å². The van der Waals surface area contributed by atoms with Gasteiger partial charge in [0.1, 0.15) is 0 Å². The van der Waals surface area contributed by atoms with Crippen LogP contribution in [0.5, 0.6) is 0 Å². The summed E-state index contributed by atoms with van der Waals surface area (Å²) in [5.74, 6) is 0. The molecule has 1 aliphatic rings. The third-order valence-corrected chi connectivity index (χ3v) is 1.38. The van der Waals surface area contributed by atoms with Gasteiger partial charge in [-0.2, -0.15) is 10.5 Å². The fourth-order valence-electron chi connectivity index (χ4n) is 0.740. The first-order valence-corrected chi connectivity index (χ1v) is 4.73. The number of hydrogen-bond acceptors (Lipinski definition) is 3. The molecule has 1 N–H and O–H groups in total. The number of allylic oxidation sites excluding steroid dienone is 4. The minimum absolute atomic E-state index is 0.801. The van der Waals surface area contributed by atoms with E-state index in [4.69, 9.17) is 10.5 Å². The van der Waals surface area contributed by atoms with E-state index in [0.29, 0.717) is 0 Å². The van der Waals surface area contributed by atoms with Crippen LogP contribution in [0.3, 0.4) is 0 Å². The number of nitriles is 2. The molecule has 2 rings (SSSR count). The van der Waals surface area contributed by atoms with Crippen molar-refractivity contribution < 1.29 is 0 Å². The zero-order chi connectivity index (χ0) is 12.8. The zero-order valence-corrected chi connectivity index (χ0v) is 9.24. The Kier molecular flexibility index (Phi) is 9.34. The highest BCUT2D eigenvalue weighted by atomic mass is 14.7. The predicted octanol–water partition coefficient (Wildman–Crippen LogP) is 2.75.